The second kappa shape index (κ2) is 8.70. The van der Waals surface area contributed by atoms with Crippen molar-refractivity contribution in [3.63, 3.8) is 0 Å². The molecule has 0 unspecified atom stereocenters. The number of nitrogens with zero attached hydrogens (tertiary/aromatic N) is 1. The van der Waals surface area contributed by atoms with Crippen molar-refractivity contribution in [2.45, 2.75) is 60.7 Å². The summed E-state index contributed by atoms with van der Waals surface area (Å²) < 4.78 is 7.62. The number of rotatable bonds is 5. The Morgan fingerprint density at radius 3 is 2.40 bits per heavy atom. The maximum absolute atomic E-state index is 10.6. The van der Waals surface area contributed by atoms with Crippen molar-refractivity contribution in [2.75, 3.05) is 6.61 Å². The summed E-state index contributed by atoms with van der Waals surface area (Å²) in [6, 6.07) is 14.4. The number of aryl methyl sites for hydroxylation is 2. The average Bonchev–Trinajstić information content (AvgIpc) is 3.12. The first-order valence-electron chi connectivity index (χ1n) is 10.1. The van der Waals surface area contributed by atoms with E-state index in [-0.39, 0.29) is 0 Å². The van der Waals surface area contributed by atoms with Crippen LogP contribution in [0, 0.1) is 6.92 Å². The van der Waals surface area contributed by atoms with Crippen LogP contribution in [0.25, 0.3) is 10.9 Å². The number of fused-ring (bicyclic) bond motifs is 1. The molecule has 1 aliphatic heterocycles. The van der Waals surface area contributed by atoms with Crippen LogP contribution in [-0.4, -0.2) is 56.0 Å². The third-order valence-electron chi connectivity index (χ3n) is 5.72. The highest BCUT2D eigenvalue weighted by Gasteiger charge is 2.44. The molecule has 0 aliphatic carbocycles. The average molecular weight is 430 g/mol. The summed E-state index contributed by atoms with van der Waals surface area (Å²) in [7, 11) is 0. The number of aliphatic hydroxyl groups is 4. The third kappa shape index (κ3) is 3.77. The van der Waals surface area contributed by atoms with Crippen LogP contribution in [0.1, 0.15) is 24.3 Å². The lowest BCUT2D eigenvalue weighted by Gasteiger charge is -2.40. The van der Waals surface area contributed by atoms with Crippen molar-refractivity contribution in [2.24, 2.45) is 0 Å². The van der Waals surface area contributed by atoms with Crippen LogP contribution in [-0.2, 0) is 11.2 Å². The van der Waals surface area contributed by atoms with Gasteiger partial charge in [0.15, 0.2) is 6.23 Å². The lowest BCUT2D eigenvalue weighted by atomic mass is 9.98. The fourth-order valence-electron chi connectivity index (χ4n) is 3.97. The zero-order valence-electron chi connectivity index (χ0n) is 17.0. The third-order valence-corrected chi connectivity index (χ3v) is 6.77. The Labute approximate surface area is 179 Å². The van der Waals surface area contributed by atoms with E-state index in [1.165, 1.54) is 5.56 Å². The SMILES string of the molecule is CCc1ccc(Sc2cn([C@@H]3O[C@H](CO)[C@@H](O)[C@H](O)[C@H]3O)c3c(C)cccc23)cc1. The van der Waals surface area contributed by atoms with Gasteiger partial charge in [-0.1, -0.05) is 49.0 Å². The predicted molar refractivity (Wildman–Crippen MR) is 116 cm³/mol. The number of hydrogen-bond acceptors (Lipinski definition) is 6. The molecule has 6 nitrogen and oxygen atoms in total. The number of para-hydroxylation sites is 1. The van der Waals surface area contributed by atoms with Crippen LogP contribution in [0.5, 0.6) is 0 Å². The molecular formula is C23H27NO5S. The van der Waals surface area contributed by atoms with Gasteiger partial charge in [-0.15, -0.1) is 0 Å². The molecule has 1 aliphatic rings. The van der Waals surface area contributed by atoms with Crippen molar-refractivity contribution >= 4 is 22.7 Å². The predicted octanol–water partition coefficient (Wildman–Crippen LogP) is 2.64. The minimum absolute atomic E-state index is 0.453. The topological polar surface area (TPSA) is 95.1 Å². The minimum Gasteiger partial charge on any atom is -0.394 e. The molecule has 0 bridgehead atoms. The summed E-state index contributed by atoms with van der Waals surface area (Å²) in [5.74, 6) is 0. The van der Waals surface area contributed by atoms with E-state index in [1.54, 1.807) is 16.3 Å². The summed E-state index contributed by atoms with van der Waals surface area (Å²) in [4.78, 5) is 2.09. The molecule has 30 heavy (non-hydrogen) atoms. The van der Waals surface area contributed by atoms with Crippen molar-refractivity contribution in [1.29, 1.82) is 0 Å². The van der Waals surface area contributed by atoms with E-state index in [4.69, 9.17) is 4.74 Å². The van der Waals surface area contributed by atoms with Gasteiger partial charge in [0.2, 0.25) is 0 Å². The second-order valence-corrected chi connectivity index (χ2v) is 8.81. The first-order chi connectivity index (χ1) is 14.4. The normalized spacial score (nSPS) is 26.9. The number of ether oxygens (including phenoxy) is 1. The van der Waals surface area contributed by atoms with Crippen LogP contribution < -0.4 is 0 Å². The van der Waals surface area contributed by atoms with E-state index in [2.05, 4.69) is 31.2 Å². The highest BCUT2D eigenvalue weighted by Crippen LogP contribution is 2.40. The van der Waals surface area contributed by atoms with E-state index in [0.29, 0.717) is 0 Å². The molecule has 4 N–H and O–H groups in total. The maximum Gasteiger partial charge on any atom is 0.163 e. The molecule has 0 amide bonds. The molecule has 1 saturated heterocycles. The Bertz CT molecular complexity index is 1020. The zero-order chi connectivity index (χ0) is 21.4. The van der Waals surface area contributed by atoms with Crippen molar-refractivity contribution in [3.05, 3.63) is 59.8 Å². The van der Waals surface area contributed by atoms with E-state index in [1.807, 2.05) is 31.3 Å². The van der Waals surface area contributed by atoms with Gasteiger partial charge >= 0.3 is 0 Å². The van der Waals surface area contributed by atoms with Gasteiger partial charge in [0, 0.05) is 21.4 Å². The molecule has 1 aromatic heterocycles. The number of hydrogen-bond donors (Lipinski definition) is 4. The Kier molecular flexibility index (Phi) is 6.20. The largest absolute Gasteiger partial charge is 0.394 e. The Balaban J connectivity index is 1.76. The van der Waals surface area contributed by atoms with Gasteiger partial charge in [0.05, 0.1) is 12.1 Å². The van der Waals surface area contributed by atoms with Gasteiger partial charge in [0.25, 0.3) is 0 Å². The molecule has 0 saturated carbocycles. The lowest BCUT2D eigenvalue weighted by Crippen LogP contribution is -2.56. The first kappa shape index (κ1) is 21.4. The molecule has 2 aromatic carbocycles. The van der Waals surface area contributed by atoms with E-state index in [0.717, 1.165) is 32.7 Å². The van der Waals surface area contributed by atoms with Gasteiger partial charge < -0.3 is 29.7 Å². The van der Waals surface area contributed by atoms with Crippen LogP contribution in [0.2, 0.25) is 0 Å². The molecular weight excluding hydrogens is 402 g/mol. The van der Waals surface area contributed by atoms with E-state index < -0.39 is 37.3 Å². The van der Waals surface area contributed by atoms with Crippen molar-refractivity contribution in [3.8, 4) is 0 Å². The van der Waals surface area contributed by atoms with E-state index in [9.17, 15) is 20.4 Å². The Morgan fingerprint density at radius 2 is 1.73 bits per heavy atom. The molecule has 160 valence electrons. The molecule has 5 atom stereocenters. The number of aliphatic hydroxyl groups excluding tert-OH is 4. The summed E-state index contributed by atoms with van der Waals surface area (Å²) in [5, 5.41) is 41.6. The summed E-state index contributed by atoms with van der Waals surface area (Å²) in [5.41, 5.74) is 3.16. The quantitative estimate of drug-likeness (QED) is 0.498. The Morgan fingerprint density at radius 1 is 1.00 bits per heavy atom. The van der Waals surface area contributed by atoms with Gasteiger partial charge in [-0.3, -0.25) is 0 Å². The van der Waals surface area contributed by atoms with Crippen LogP contribution in [0.15, 0.2) is 58.5 Å². The maximum atomic E-state index is 10.6. The Hall–Kier alpha value is -1.87. The van der Waals surface area contributed by atoms with E-state index >= 15 is 0 Å². The molecule has 0 spiro atoms. The molecule has 4 rings (SSSR count). The highest BCUT2D eigenvalue weighted by atomic mass is 32.2. The summed E-state index contributed by atoms with van der Waals surface area (Å²) in [6.45, 7) is 3.65. The van der Waals surface area contributed by atoms with Gasteiger partial charge in [0.1, 0.15) is 24.4 Å². The molecule has 1 fully saturated rings. The van der Waals surface area contributed by atoms with Crippen LogP contribution in [0.4, 0.5) is 0 Å². The summed E-state index contributed by atoms with van der Waals surface area (Å²) >= 11 is 1.62. The first-order valence-corrected chi connectivity index (χ1v) is 10.9. The molecule has 7 heteroatoms. The fraction of sp³-hybridized carbons (Fsp3) is 0.391. The van der Waals surface area contributed by atoms with Crippen molar-refractivity contribution in [1.82, 2.24) is 4.57 Å². The highest BCUT2D eigenvalue weighted by molar-refractivity contribution is 7.99. The second-order valence-electron chi connectivity index (χ2n) is 7.69. The molecule has 2 heterocycles. The standard InChI is InChI=1S/C23H27NO5S/c1-3-14-7-9-15(10-8-14)30-18-11-24(19-13(2)5-4-6-16(18)19)23-22(28)21(27)20(26)17(12-25)29-23/h4-11,17,20-23,25-28H,3,12H2,1-2H3/t17-,20-,21+,22-,23-/m1/s1. The van der Waals surface area contributed by atoms with Gasteiger partial charge in [-0.25, -0.2) is 0 Å². The number of benzene rings is 2. The monoisotopic (exact) mass is 429 g/mol. The lowest BCUT2D eigenvalue weighted by molar-refractivity contribution is -0.250. The molecule has 0 radical (unpaired) electrons. The fourth-order valence-corrected chi connectivity index (χ4v) is 4.94. The van der Waals surface area contributed by atoms with Gasteiger partial charge in [-0.05, 0) is 36.6 Å². The molecule has 3 aromatic rings. The number of aromatic nitrogens is 1. The van der Waals surface area contributed by atoms with Crippen LogP contribution in [0.3, 0.4) is 0 Å². The van der Waals surface area contributed by atoms with Crippen LogP contribution >= 0.6 is 11.8 Å². The summed E-state index contributed by atoms with van der Waals surface area (Å²) in [6.07, 6.45) is -3.12. The minimum atomic E-state index is -1.42. The van der Waals surface area contributed by atoms with Crippen molar-refractivity contribution < 1.29 is 25.2 Å². The zero-order valence-corrected chi connectivity index (χ0v) is 17.8. The smallest absolute Gasteiger partial charge is 0.163 e. The van der Waals surface area contributed by atoms with Gasteiger partial charge in [-0.2, -0.15) is 0 Å².